The van der Waals surface area contributed by atoms with E-state index in [0.717, 1.165) is 22.8 Å². The molecule has 142 valence electrons. The second kappa shape index (κ2) is 6.49. The molecule has 1 aromatic carbocycles. The van der Waals surface area contributed by atoms with E-state index in [9.17, 15) is 22.8 Å². The Bertz CT molecular complexity index is 1220. The van der Waals surface area contributed by atoms with E-state index >= 15 is 0 Å². The third-order valence-corrected chi connectivity index (χ3v) is 5.32. The number of carbonyl (C=O) groups is 2. The maximum Gasteiger partial charge on any atom is 0.432 e. The van der Waals surface area contributed by atoms with E-state index in [2.05, 4.69) is 4.74 Å². The second-order valence-corrected chi connectivity index (χ2v) is 6.96. The van der Waals surface area contributed by atoms with Gasteiger partial charge in [0.1, 0.15) is 11.3 Å². The molecule has 0 aliphatic heterocycles. The number of esters is 1. The molecule has 0 N–H and O–H groups in total. The average molecular weight is 403 g/mol. The number of methoxy groups -OCH3 is 1. The van der Waals surface area contributed by atoms with E-state index in [0.29, 0.717) is 10.8 Å². The zero-order valence-corrected chi connectivity index (χ0v) is 15.2. The van der Waals surface area contributed by atoms with Crippen LogP contribution in [0, 0.1) is 0 Å². The van der Waals surface area contributed by atoms with Crippen LogP contribution >= 0.6 is 11.3 Å². The summed E-state index contributed by atoms with van der Waals surface area (Å²) >= 11 is 1.09. The van der Waals surface area contributed by atoms with Gasteiger partial charge in [-0.3, -0.25) is 4.79 Å². The van der Waals surface area contributed by atoms with Gasteiger partial charge in [0.2, 0.25) is 5.78 Å². The molecule has 0 spiro atoms. The van der Waals surface area contributed by atoms with Crippen LogP contribution in [0.2, 0.25) is 0 Å². The van der Waals surface area contributed by atoms with Crippen molar-refractivity contribution in [1.82, 2.24) is 4.40 Å². The maximum absolute atomic E-state index is 14.0. The standard InChI is InChI=1S/C20H12F3NO3S/c1-27-19(26)15-14(17(25)13-7-4-10-28-13)16-12-6-3-2-5-11(12)8-9-24(16)18(15)20(21,22)23/h2-10H,1H3. The number of pyridine rings is 1. The molecule has 4 nitrogen and oxygen atoms in total. The Morgan fingerprint density at radius 1 is 1.04 bits per heavy atom. The number of fused-ring (bicyclic) bond motifs is 3. The Kier molecular flexibility index (Phi) is 4.23. The fourth-order valence-electron chi connectivity index (χ4n) is 3.35. The molecule has 0 radical (unpaired) electrons. The summed E-state index contributed by atoms with van der Waals surface area (Å²) in [6, 6.07) is 11.4. The Morgan fingerprint density at radius 2 is 1.79 bits per heavy atom. The van der Waals surface area contributed by atoms with Crippen LogP contribution < -0.4 is 0 Å². The van der Waals surface area contributed by atoms with Crippen molar-refractivity contribution in [1.29, 1.82) is 0 Å². The highest BCUT2D eigenvalue weighted by Crippen LogP contribution is 2.40. The van der Waals surface area contributed by atoms with Gasteiger partial charge in [-0.05, 0) is 22.9 Å². The number of carbonyl (C=O) groups excluding carboxylic acids is 2. The van der Waals surface area contributed by atoms with Crippen LogP contribution in [-0.2, 0) is 10.9 Å². The number of alkyl halides is 3. The van der Waals surface area contributed by atoms with Gasteiger partial charge in [0.25, 0.3) is 0 Å². The molecule has 3 aromatic heterocycles. The molecule has 3 heterocycles. The molecule has 0 aliphatic carbocycles. The van der Waals surface area contributed by atoms with E-state index in [-0.39, 0.29) is 16.0 Å². The molecule has 4 aromatic rings. The first-order chi connectivity index (χ1) is 13.3. The van der Waals surface area contributed by atoms with Crippen LogP contribution in [0.1, 0.15) is 31.3 Å². The van der Waals surface area contributed by atoms with E-state index in [4.69, 9.17) is 0 Å². The molecule has 0 aliphatic rings. The maximum atomic E-state index is 14.0. The van der Waals surface area contributed by atoms with Crippen LogP contribution in [0.4, 0.5) is 13.2 Å². The lowest BCUT2D eigenvalue weighted by molar-refractivity contribution is -0.142. The topological polar surface area (TPSA) is 47.8 Å². The predicted octanol–water partition coefficient (Wildman–Crippen LogP) is 5.19. The quantitative estimate of drug-likeness (QED) is 0.349. The normalized spacial score (nSPS) is 11.9. The van der Waals surface area contributed by atoms with Crippen molar-refractivity contribution in [3.05, 3.63) is 75.7 Å². The Hall–Kier alpha value is -3.13. The van der Waals surface area contributed by atoms with Gasteiger partial charge in [0.15, 0.2) is 0 Å². The highest BCUT2D eigenvalue weighted by atomic mass is 32.1. The molecular formula is C20H12F3NO3S. The Balaban J connectivity index is 2.25. The summed E-state index contributed by atoms with van der Waals surface area (Å²) < 4.78 is 47.3. The lowest BCUT2D eigenvalue weighted by Crippen LogP contribution is -2.17. The van der Waals surface area contributed by atoms with Gasteiger partial charge in [-0.1, -0.05) is 30.3 Å². The smallest absolute Gasteiger partial charge is 0.432 e. The third-order valence-electron chi connectivity index (χ3n) is 4.45. The lowest BCUT2D eigenvalue weighted by Gasteiger charge is -2.10. The number of halogens is 3. The number of nitrogens with zero attached hydrogens (tertiary/aromatic N) is 1. The van der Waals surface area contributed by atoms with Crippen molar-refractivity contribution in [3.8, 4) is 0 Å². The minimum atomic E-state index is -4.87. The fraction of sp³-hybridized carbons (Fsp3) is 0.100. The Labute approximate surface area is 160 Å². The first kappa shape index (κ1) is 18.2. The van der Waals surface area contributed by atoms with Crippen molar-refractivity contribution in [2.45, 2.75) is 6.18 Å². The SMILES string of the molecule is COC(=O)c1c(C(=O)c2cccs2)c2c3ccccc3ccn2c1C(F)(F)F. The lowest BCUT2D eigenvalue weighted by atomic mass is 10.0. The number of hydrogen-bond donors (Lipinski definition) is 0. The number of ketones is 1. The van der Waals surface area contributed by atoms with E-state index in [1.807, 2.05) is 0 Å². The monoisotopic (exact) mass is 403 g/mol. The molecule has 0 unspecified atom stereocenters. The Morgan fingerprint density at radius 3 is 2.43 bits per heavy atom. The molecule has 0 atom stereocenters. The van der Waals surface area contributed by atoms with Crippen LogP contribution in [-0.4, -0.2) is 23.3 Å². The predicted molar refractivity (Wildman–Crippen MR) is 99.0 cm³/mol. The van der Waals surface area contributed by atoms with Gasteiger partial charge in [0, 0.05) is 11.6 Å². The molecule has 8 heteroatoms. The molecule has 0 saturated carbocycles. The van der Waals surface area contributed by atoms with Crippen LogP contribution in [0.3, 0.4) is 0 Å². The summed E-state index contributed by atoms with van der Waals surface area (Å²) in [5, 5.41) is 2.73. The summed E-state index contributed by atoms with van der Waals surface area (Å²) in [4.78, 5) is 25.8. The summed E-state index contributed by atoms with van der Waals surface area (Å²) in [5.74, 6) is -1.86. The zero-order valence-electron chi connectivity index (χ0n) is 14.4. The van der Waals surface area contributed by atoms with E-state index in [1.54, 1.807) is 35.7 Å². The van der Waals surface area contributed by atoms with Gasteiger partial charge in [0.05, 0.1) is 23.1 Å². The molecular weight excluding hydrogens is 391 g/mol. The molecule has 0 fully saturated rings. The first-order valence-corrected chi connectivity index (χ1v) is 9.02. The van der Waals surface area contributed by atoms with Gasteiger partial charge in [-0.2, -0.15) is 13.2 Å². The zero-order chi connectivity index (χ0) is 20.1. The average Bonchev–Trinajstić information content (AvgIpc) is 3.32. The van der Waals surface area contributed by atoms with Crippen LogP contribution in [0.5, 0.6) is 0 Å². The molecule has 0 amide bonds. The van der Waals surface area contributed by atoms with Gasteiger partial charge in [-0.15, -0.1) is 11.3 Å². The van der Waals surface area contributed by atoms with Gasteiger partial charge >= 0.3 is 12.1 Å². The molecule has 28 heavy (non-hydrogen) atoms. The number of rotatable bonds is 3. The van der Waals surface area contributed by atoms with Gasteiger partial charge < -0.3 is 9.14 Å². The molecule has 0 bridgehead atoms. The van der Waals surface area contributed by atoms with Crippen LogP contribution in [0.25, 0.3) is 16.3 Å². The number of benzene rings is 1. The molecule has 0 saturated heterocycles. The summed E-state index contributed by atoms with van der Waals surface area (Å²) in [7, 11) is 0.988. The first-order valence-electron chi connectivity index (χ1n) is 8.14. The van der Waals surface area contributed by atoms with Crippen molar-refractivity contribution >= 4 is 39.4 Å². The fourth-order valence-corrected chi connectivity index (χ4v) is 4.02. The van der Waals surface area contributed by atoms with Gasteiger partial charge in [-0.25, -0.2) is 4.79 Å². The second-order valence-electron chi connectivity index (χ2n) is 6.02. The van der Waals surface area contributed by atoms with E-state index < -0.39 is 29.2 Å². The number of hydrogen-bond acceptors (Lipinski definition) is 4. The highest BCUT2D eigenvalue weighted by Gasteiger charge is 2.43. The van der Waals surface area contributed by atoms with Crippen molar-refractivity contribution in [3.63, 3.8) is 0 Å². The minimum absolute atomic E-state index is 0.0317. The van der Waals surface area contributed by atoms with Crippen molar-refractivity contribution < 1.29 is 27.5 Å². The number of ether oxygens (including phenoxy) is 1. The van der Waals surface area contributed by atoms with Crippen molar-refractivity contribution in [2.75, 3.05) is 7.11 Å². The van der Waals surface area contributed by atoms with Crippen molar-refractivity contribution in [2.24, 2.45) is 0 Å². The minimum Gasteiger partial charge on any atom is -0.465 e. The van der Waals surface area contributed by atoms with E-state index in [1.165, 1.54) is 18.3 Å². The number of thiophene rings is 1. The summed E-state index contributed by atoms with van der Waals surface area (Å²) in [5.41, 5.74) is -2.27. The summed E-state index contributed by atoms with van der Waals surface area (Å²) in [6.07, 6.45) is -3.65. The number of aromatic nitrogens is 1. The largest absolute Gasteiger partial charge is 0.465 e. The molecule has 4 rings (SSSR count). The van der Waals surface area contributed by atoms with Crippen LogP contribution in [0.15, 0.2) is 54.0 Å². The summed E-state index contributed by atoms with van der Waals surface area (Å²) in [6.45, 7) is 0. The third kappa shape index (κ3) is 2.68. The highest BCUT2D eigenvalue weighted by molar-refractivity contribution is 7.12.